The quantitative estimate of drug-likeness (QED) is 0.701. The summed E-state index contributed by atoms with van der Waals surface area (Å²) in [5.41, 5.74) is 15.5. The smallest absolute Gasteiger partial charge is 0.133 e. The zero-order valence-electron chi connectivity index (χ0n) is 13.4. The summed E-state index contributed by atoms with van der Waals surface area (Å²) in [6.07, 6.45) is 2.45. The third kappa shape index (κ3) is 3.26. The average Bonchev–Trinajstić information content (AvgIpc) is 2.60. The fourth-order valence-electron chi connectivity index (χ4n) is 2.67. The van der Waals surface area contributed by atoms with Crippen LogP contribution in [0.3, 0.4) is 0 Å². The van der Waals surface area contributed by atoms with E-state index in [-0.39, 0.29) is 6.04 Å². The average molecular weight is 387 g/mol. The number of fused-ring (bicyclic) bond motifs is 1. The fraction of sp³-hybridized carbons (Fsp3) is 0.222. The topological polar surface area (TPSA) is 87.0 Å². The third-order valence-electron chi connectivity index (χ3n) is 3.91. The number of aromatic nitrogens is 2. The first-order chi connectivity index (χ1) is 11.6. The minimum atomic E-state index is -0.219. The van der Waals surface area contributed by atoms with E-state index in [0.29, 0.717) is 13.0 Å². The number of hydrogen-bond donors (Lipinski definition) is 2. The monoisotopic (exact) mass is 386 g/mol. The van der Waals surface area contributed by atoms with Gasteiger partial charge in [0.05, 0.1) is 28.5 Å². The second-order valence-corrected chi connectivity index (χ2v) is 6.35. The van der Waals surface area contributed by atoms with E-state index in [1.807, 2.05) is 36.4 Å². The molecular formula is C18H19BrN4O. The molecule has 24 heavy (non-hydrogen) atoms. The number of pyridine rings is 2. The summed E-state index contributed by atoms with van der Waals surface area (Å²) in [6, 6.07) is 11.5. The molecule has 0 fully saturated rings. The van der Waals surface area contributed by atoms with Crippen LogP contribution in [-0.2, 0) is 0 Å². The van der Waals surface area contributed by atoms with Crippen molar-refractivity contribution in [1.29, 1.82) is 0 Å². The molecule has 5 nitrogen and oxygen atoms in total. The third-order valence-corrected chi connectivity index (χ3v) is 4.52. The molecule has 1 aromatic carbocycles. The Morgan fingerprint density at radius 2 is 2.08 bits per heavy atom. The van der Waals surface area contributed by atoms with Crippen molar-refractivity contribution in [1.82, 2.24) is 9.97 Å². The molecule has 0 amide bonds. The van der Waals surface area contributed by atoms with Gasteiger partial charge >= 0.3 is 0 Å². The van der Waals surface area contributed by atoms with Crippen LogP contribution in [0.1, 0.15) is 18.2 Å². The van der Waals surface area contributed by atoms with Crippen LogP contribution in [0.2, 0.25) is 0 Å². The van der Waals surface area contributed by atoms with Crippen LogP contribution >= 0.6 is 15.9 Å². The van der Waals surface area contributed by atoms with Crippen molar-refractivity contribution in [2.24, 2.45) is 11.5 Å². The first kappa shape index (κ1) is 16.8. The molecule has 124 valence electrons. The van der Waals surface area contributed by atoms with E-state index in [1.165, 1.54) is 0 Å². The highest BCUT2D eigenvalue weighted by Gasteiger charge is 2.15. The van der Waals surface area contributed by atoms with E-state index in [0.717, 1.165) is 38.1 Å². The van der Waals surface area contributed by atoms with Crippen molar-refractivity contribution < 1.29 is 4.74 Å². The molecule has 0 saturated carbocycles. The lowest BCUT2D eigenvalue weighted by Gasteiger charge is -2.15. The number of halogens is 1. The molecule has 0 saturated heterocycles. The summed E-state index contributed by atoms with van der Waals surface area (Å²) in [6.45, 7) is 0.517. The summed E-state index contributed by atoms with van der Waals surface area (Å²) in [5.74, 6) is 0.776. The van der Waals surface area contributed by atoms with Crippen molar-refractivity contribution in [2.75, 3.05) is 13.7 Å². The van der Waals surface area contributed by atoms with Crippen LogP contribution in [0.5, 0.6) is 5.75 Å². The van der Waals surface area contributed by atoms with Crippen LogP contribution in [-0.4, -0.2) is 23.6 Å². The number of nitrogens with two attached hydrogens (primary N) is 2. The van der Waals surface area contributed by atoms with E-state index in [1.54, 1.807) is 13.3 Å². The van der Waals surface area contributed by atoms with Gasteiger partial charge in [-0.1, -0.05) is 0 Å². The number of methoxy groups -OCH3 is 1. The van der Waals surface area contributed by atoms with Gasteiger partial charge in [-0.05, 0) is 65.3 Å². The Balaban J connectivity index is 2.16. The standard InChI is InChI=1S/C18H19BrN4O/c1-24-17-5-4-11(9-13(17)19)15-10-16-12(3-2-8-22-16)18(23-15)14(21)6-7-20/h2-5,8-10,14H,6-7,20-21H2,1H3. The lowest BCUT2D eigenvalue weighted by atomic mass is 10.0. The molecule has 3 rings (SSSR count). The molecular weight excluding hydrogens is 368 g/mol. The predicted octanol–water partition coefficient (Wildman–Crippen LogP) is 3.42. The molecule has 2 heterocycles. The normalized spacial score (nSPS) is 12.3. The van der Waals surface area contributed by atoms with E-state index < -0.39 is 0 Å². The first-order valence-electron chi connectivity index (χ1n) is 7.69. The number of rotatable bonds is 5. The van der Waals surface area contributed by atoms with Crippen molar-refractivity contribution in [3.05, 3.63) is 52.8 Å². The number of benzene rings is 1. The fourth-order valence-corrected chi connectivity index (χ4v) is 3.21. The second-order valence-electron chi connectivity index (χ2n) is 5.50. The number of nitrogens with zero attached hydrogens (tertiary/aromatic N) is 2. The van der Waals surface area contributed by atoms with Crippen LogP contribution in [0.25, 0.3) is 22.2 Å². The molecule has 1 unspecified atom stereocenters. The van der Waals surface area contributed by atoms with Gasteiger partial charge in [0.2, 0.25) is 0 Å². The van der Waals surface area contributed by atoms with Crippen LogP contribution in [0.15, 0.2) is 47.1 Å². The van der Waals surface area contributed by atoms with E-state index in [2.05, 4.69) is 20.9 Å². The highest BCUT2D eigenvalue weighted by molar-refractivity contribution is 9.10. The summed E-state index contributed by atoms with van der Waals surface area (Å²) in [4.78, 5) is 9.27. The molecule has 0 spiro atoms. The van der Waals surface area contributed by atoms with Gasteiger partial charge in [0, 0.05) is 23.2 Å². The van der Waals surface area contributed by atoms with Gasteiger partial charge in [0.1, 0.15) is 5.75 Å². The molecule has 0 aliphatic rings. The van der Waals surface area contributed by atoms with Crippen molar-refractivity contribution in [2.45, 2.75) is 12.5 Å². The minimum Gasteiger partial charge on any atom is -0.496 e. The molecule has 2 aromatic heterocycles. The lowest BCUT2D eigenvalue weighted by molar-refractivity contribution is 0.412. The SMILES string of the molecule is COc1ccc(-c2cc3ncccc3c(C(N)CCN)n2)cc1Br. The van der Waals surface area contributed by atoms with Crippen molar-refractivity contribution >= 4 is 26.8 Å². The van der Waals surface area contributed by atoms with Gasteiger partial charge < -0.3 is 16.2 Å². The maximum absolute atomic E-state index is 6.29. The Kier molecular flexibility index (Phi) is 5.08. The molecule has 0 aliphatic carbocycles. The Labute approximate surface area is 149 Å². The molecule has 3 aromatic rings. The number of hydrogen-bond acceptors (Lipinski definition) is 5. The lowest BCUT2D eigenvalue weighted by Crippen LogP contribution is -2.17. The number of ether oxygens (including phenoxy) is 1. The van der Waals surface area contributed by atoms with E-state index >= 15 is 0 Å². The summed E-state index contributed by atoms with van der Waals surface area (Å²) < 4.78 is 6.16. The van der Waals surface area contributed by atoms with Gasteiger partial charge in [-0.15, -0.1) is 0 Å². The van der Waals surface area contributed by atoms with Gasteiger partial charge in [-0.2, -0.15) is 0 Å². The van der Waals surface area contributed by atoms with Crippen LogP contribution in [0.4, 0.5) is 0 Å². The summed E-state index contributed by atoms with van der Waals surface area (Å²) >= 11 is 3.52. The van der Waals surface area contributed by atoms with Gasteiger partial charge in [0.25, 0.3) is 0 Å². The Hall–Kier alpha value is -2.02. The molecule has 1 atom stereocenters. The summed E-state index contributed by atoms with van der Waals surface area (Å²) in [7, 11) is 1.64. The zero-order valence-corrected chi connectivity index (χ0v) is 15.0. The van der Waals surface area contributed by atoms with Gasteiger partial charge in [-0.3, -0.25) is 9.97 Å². The molecule has 4 N–H and O–H groups in total. The van der Waals surface area contributed by atoms with Crippen LogP contribution < -0.4 is 16.2 Å². The first-order valence-corrected chi connectivity index (χ1v) is 8.48. The minimum absolute atomic E-state index is 0.219. The van der Waals surface area contributed by atoms with Crippen molar-refractivity contribution in [3.63, 3.8) is 0 Å². The largest absolute Gasteiger partial charge is 0.496 e. The second kappa shape index (κ2) is 7.25. The molecule has 0 aliphatic heterocycles. The van der Waals surface area contributed by atoms with E-state index in [9.17, 15) is 0 Å². The van der Waals surface area contributed by atoms with E-state index in [4.69, 9.17) is 21.2 Å². The Morgan fingerprint density at radius 3 is 2.79 bits per heavy atom. The Morgan fingerprint density at radius 1 is 1.25 bits per heavy atom. The predicted molar refractivity (Wildman–Crippen MR) is 99.8 cm³/mol. The molecule has 0 radical (unpaired) electrons. The highest BCUT2D eigenvalue weighted by atomic mass is 79.9. The van der Waals surface area contributed by atoms with Gasteiger partial charge in [0.15, 0.2) is 0 Å². The zero-order chi connectivity index (χ0) is 17.1. The molecule has 0 bridgehead atoms. The molecule has 6 heteroatoms. The maximum Gasteiger partial charge on any atom is 0.133 e. The van der Waals surface area contributed by atoms with Crippen molar-refractivity contribution in [3.8, 4) is 17.0 Å². The maximum atomic E-state index is 6.29. The van der Waals surface area contributed by atoms with Gasteiger partial charge in [-0.25, -0.2) is 0 Å². The Bertz CT molecular complexity index is 869. The van der Waals surface area contributed by atoms with Crippen LogP contribution in [0, 0.1) is 0 Å². The highest BCUT2D eigenvalue weighted by Crippen LogP contribution is 2.32. The summed E-state index contributed by atoms with van der Waals surface area (Å²) in [5, 5.41) is 0.967.